The van der Waals surface area contributed by atoms with Crippen LogP contribution < -0.4 is 14.5 Å². The van der Waals surface area contributed by atoms with Crippen LogP contribution >= 0.6 is 11.6 Å². The van der Waals surface area contributed by atoms with Gasteiger partial charge in [-0.3, -0.25) is 9.10 Å². The zero-order valence-electron chi connectivity index (χ0n) is 19.7. The first kappa shape index (κ1) is 25.3. The lowest BCUT2D eigenvalue weighted by Gasteiger charge is -2.21. The van der Waals surface area contributed by atoms with Gasteiger partial charge in [-0.05, 0) is 57.2 Å². The lowest BCUT2D eigenvalue weighted by molar-refractivity contribution is -0.119. The molecule has 0 aliphatic carbocycles. The highest BCUT2D eigenvalue weighted by molar-refractivity contribution is 7.92. The van der Waals surface area contributed by atoms with Crippen molar-refractivity contribution >= 4 is 39.4 Å². The molecule has 10 heteroatoms. The second kappa shape index (κ2) is 10.3. The van der Waals surface area contributed by atoms with Crippen molar-refractivity contribution in [2.75, 3.05) is 24.2 Å². The molecule has 0 aliphatic heterocycles. The molecule has 0 bridgehead atoms. The summed E-state index contributed by atoms with van der Waals surface area (Å²) in [4.78, 5) is 12.5. The normalized spacial score (nSPS) is 11.6. The number of rotatable bonds is 8. The second-order valence-corrected chi connectivity index (χ2v) is 10.2. The number of carbonyl (C=O) groups is 1. The lowest BCUT2D eigenvalue weighted by atomic mass is 10.2. The van der Waals surface area contributed by atoms with Crippen LogP contribution in [0.1, 0.15) is 22.5 Å². The Hall–Kier alpha value is -3.30. The highest BCUT2D eigenvalue weighted by Crippen LogP contribution is 2.30. The van der Waals surface area contributed by atoms with E-state index in [2.05, 4.69) is 15.1 Å². The van der Waals surface area contributed by atoms with Gasteiger partial charge in [0.25, 0.3) is 5.91 Å². The average molecular weight is 503 g/mol. The molecule has 0 unspecified atom stereocenters. The number of hydrogen-bond acceptors (Lipinski definition) is 5. The fourth-order valence-corrected chi connectivity index (χ4v) is 4.66. The first-order valence-electron chi connectivity index (χ1n) is 10.4. The van der Waals surface area contributed by atoms with E-state index in [4.69, 9.17) is 16.3 Å². The Labute approximate surface area is 204 Å². The maximum atomic E-state index is 12.5. The van der Waals surface area contributed by atoms with Gasteiger partial charge >= 0.3 is 0 Å². The summed E-state index contributed by atoms with van der Waals surface area (Å²) in [5.74, 6) is -0.197. The molecule has 3 aromatic rings. The Morgan fingerprint density at radius 3 is 2.41 bits per heavy atom. The van der Waals surface area contributed by atoms with Crippen LogP contribution in [0.4, 0.5) is 5.69 Å². The van der Waals surface area contributed by atoms with E-state index in [9.17, 15) is 13.2 Å². The molecule has 180 valence electrons. The maximum Gasteiger partial charge on any atom is 0.260 e. The number of hydrogen-bond donors (Lipinski definition) is 1. The largest absolute Gasteiger partial charge is 0.495 e. The average Bonchev–Trinajstić information content (AvgIpc) is 3.05. The minimum Gasteiger partial charge on any atom is -0.495 e. The summed E-state index contributed by atoms with van der Waals surface area (Å²) in [6, 6.07) is 14.6. The summed E-state index contributed by atoms with van der Waals surface area (Å²) in [7, 11) is -2.29. The summed E-state index contributed by atoms with van der Waals surface area (Å²) in [5.41, 5.74) is 7.67. The van der Waals surface area contributed by atoms with Crippen LogP contribution in [0.15, 0.2) is 53.6 Å². The van der Waals surface area contributed by atoms with Crippen LogP contribution in [0.2, 0.25) is 5.02 Å². The molecule has 2 aromatic carbocycles. The van der Waals surface area contributed by atoms with Crippen molar-refractivity contribution in [2.45, 2.75) is 20.8 Å². The third-order valence-corrected chi connectivity index (χ3v) is 6.70. The van der Waals surface area contributed by atoms with E-state index >= 15 is 0 Å². The Morgan fingerprint density at radius 2 is 1.82 bits per heavy atom. The first-order valence-corrected chi connectivity index (χ1v) is 12.6. The molecule has 3 rings (SSSR count). The van der Waals surface area contributed by atoms with Crippen molar-refractivity contribution in [2.24, 2.45) is 5.10 Å². The van der Waals surface area contributed by atoms with Gasteiger partial charge < -0.3 is 9.30 Å². The zero-order valence-corrected chi connectivity index (χ0v) is 21.2. The van der Waals surface area contributed by atoms with Crippen LogP contribution in [-0.2, 0) is 14.8 Å². The fourth-order valence-electron chi connectivity index (χ4n) is 3.56. The number of aryl methyl sites for hydroxylation is 2. The van der Waals surface area contributed by atoms with Gasteiger partial charge in [-0.15, -0.1) is 0 Å². The predicted molar refractivity (Wildman–Crippen MR) is 136 cm³/mol. The second-order valence-electron chi connectivity index (χ2n) is 7.88. The van der Waals surface area contributed by atoms with E-state index in [1.54, 1.807) is 6.21 Å². The van der Waals surface area contributed by atoms with Crippen LogP contribution in [0.3, 0.4) is 0 Å². The highest BCUT2D eigenvalue weighted by atomic mass is 35.5. The molecule has 1 aromatic heterocycles. The van der Waals surface area contributed by atoms with Gasteiger partial charge in [0, 0.05) is 22.6 Å². The Morgan fingerprint density at radius 1 is 1.15 bits per heavy atom. The van der Waals surface area contributed by atoms with Crippen molar-refractivity contribution in [3.8, 4) is 11.4 Å². The minimum absolute atomic E-state index is 0.232. The van der Waals surface area contributed by atoms with Crippen LogP contribution in [-0.4, -0.2) is 45.0 Å². The summed E-state index contributed by atoms with van der Waals surface area (Å²) >= 11 is 6.12. The monoisotopic (exact) mass is 502 g/mol. The lowest BCUT2D eigenvalue weighted by Crippen LogP contribution is -2.39. The van der Waals surface area contributed by atoms with E-state index in [1.807, 2.05) is 51.1 Å². The van der Waals surface area contributed by atoms with Crippen molar-refractivity contribution in [1.82, 2.24) is 9.99 Å². The van der Waals surface area contributed by atoms with Gasteiger partial charge in [-0.25, -0.2) is 13.8 Å². The molecule has 0 fully saturated rings. The highest BCUT2D eigenvalue weighted by Gasteiger charge is 2.22. The summed E-state index contributed by atoms with van der Waals surface area (Å²) < 4.78 is 32.7. The Balaban J connectivity index is 1.74. The van der Waals surface area contributed by atoms with E-state index in [1.165, 1.54) is 30.9 Å². The number of ether oxygens (including phenoxy) is 1. The fraction of sp³-hybridized carbons (Fsp3) is 0.250. The van der Waals surface area contributed by atoms with E-state index in [0.717, 1.165) is 33.2 Å². The number of halogens is 1. The number of carbonyl (C=O) groups excluding carboxylic acids is 1. The van der Waals surface area contributed by atoms with Crippen molar-refractivity contribution in [3.05, 3.63) is 76.1 Å². The van der Waals surface area contributed by atoms with Gasteiger partial charge in [-0.1, -0.05) is 29.3 Å². The molecular formula is C24H27ClN4O4S. The summed E-state index contributed by atoms with van der Waals surface area (Å²) in [6.07, 6.45) is 2.56. The smallest absolute Gasteiger partial charge is 0.260 e. The molecule has 34 heavy (non-hydrogen) atoms. The molecule has 1 amide bonds. The summed E-state index contributed by atoms with van der Waals surface area (Å²) in [6.45, 7) is 5.54. The van der Waals surface area contributed by atoms with E-state index < -0.39 is 22.5 Å². The van der Waals surface area contributed by atoms with Crippen LogP contribution in [0, 0.1) is 20.8 Å². The third-order valence-electron chi connectivity index (χ3n) is 5.27. The van der Waals surface area contributed by atoms with Crippen molar-refractivity contribution in [1.29, 1.82) is 0 Å². The summed E-state index contributed by atoms with van der Waals surface area (Å²) in [5, 5.41) is 4.27. The SMILES string of the molecule is COc1ccc(N(CC(=O)N/N=C\c2cc(C)n(-c3ccc(C)cc3)c2C)S(C)(=O)=O)cc1Cl. The molecule has 0 aliphatic rings. The molecule has 0 saturated heterocycles. The number of anilines is 1. The molecule has 1 N–H and O–H groups in total. The van der Waals surface area contributed by atoms with E-state index in [-0.39, 0.29) is 10.7 Å². The Bertz CT molecular complexity index is 1330. The first-order chi connectivity index (χ1) is 16.0. The molecule has 8 nitrogen and oxygen atoms in total. The van der Waals surface area contributed by atoms with Gasteiger partial charge in [0.2, 0.25) is 10.0 Å². The number of nitrogens with one attached hydrogen (secondary N) is 1. The van der Waals surface area contributed by atoms with Crippen molar-refractivity contribution < 1.29 is 17.9 Å². The number of amides is 1. The molecule has 0 atom stereocenters. The van der Waals surface area contributed by atoms with Crippen molar-refractivity contribution in [3.63, 3.8) is 0 Å². The number of methoxy groups -OCH3 is 1. The van der Waals surface area contributed by atoms with Gasteiger partial charge in [0.1, 0.15) is 12.3 Å². The number of nitrogens with zero attached hydrogens (tertiary/aromatic N) is 3. The van der Waals surface area contributed by atoms with Crippen LogP contribution in [0.25, 0.3) is 5.69 Å². The maximum absolute atomic E-state index is 12.5. The third kappa shape index (κ3) is 5.78. The van der Waals surface area contributed by atoms with Gasteiger partial charge in [0.05, 0.1) is 30.3 Å². The number of aromatic nitrogens is 1. The zero-order chi connectivity index (χ0) is 25.0. The van der Waals surface area contributed by atoms with Crippen LogP contribution in [0.5, 0.6) is 5.75 Å². The number of sulfonamides is 1. The van der Waals surface area contributed by atoms with Gasteiger partial charge in [-0.2, -0.15) is 5.10 Å². The molecule has 0 radical (unpaired) electrons. The standard InChI is InChI=1S/C24H27ClN4O4S/c1-16-6-8-20(9-7-16)29-17(2)12-19(18(29)3)14-26-27-24(30)15-28(34(5,31)32)21-10-11-23(33-4)22(25)13-21/h6-14H,15H2,1-5H3,(H,27,30)/b26-14-. The van der Waals surface area contributed by atoms with E-state index in [0.29, 0.717) is 5.75 Å². The number of hydrazone groups is 1. The molecule has 0 saturated carbocycles. The number of benzene rings is 2. The molecule has 0 spiro atoms. The molecule has 1 heterocycles. The quantitative estimate of drug-likeness (QED) is 0.372. The Kier molecular flexibility index (Phi) is 7.68. The minimum atomic E-state index is -3.75. The topological polar surface area (TPSA) is 93.0 Å². The van der Waals surface area contributed by atoms with Gasteiger partial charge in [0.15, 0.2) is 0 Å². The predicted octanol–water partition coefficient (Wildman–Crippen LogP) is 3.98. The molecular weight excluding hydrogens is 476 g/mol.